The van der Waals surface area contributed by atoms with Crippen LogP contribution >= 0.6 is 11.3 Å². The van der Waals surface area contributed by atoms with Gasteiger partial charge in [-0.1, -0.05) is 41.7 Å². The Hall–Kier alpha value is -2.84. The first-order valence-corrected chi connectivity index (χ1v) is 11.9. The molecule has 0 N–H and O–H groups in total. The van der Waals surface area contributed by atoms with E-state index in [-0.39, 0.29) is 17.1 Å². The maximum atomic E-state index is 13.0. The number of rotatable bonds is 5. The summed E-state index contributed by atoms with van der Waals surface area (Å²) in [6.07, 6.45) is -0.238. The monoisotopic (exact) mass is 442 g/mol. The standard InChI is InChI=1S/C22H19FN2O3S2/c1-2-25-19-12-7-15-5-3-4-6-18(15)21(19)29-22(25)24-20(26)13-14-30(27,28)17-10-8-16(23)9-11-17/h3-12H,2,13-14H2,1H3. The zero-order valence-corrected chi connectivity index (χ0v) is 17.8. The average molecular weight is 443 g/mol. The molecule has 0 aliphatic rings. The number of aryl methyl sites for hydroxylation is 1. The van der Waals surface area contributed by atoms with Gasteiger partial charge >= 0.3 is 0 Å². The van der Waals surface area contributed by atoms with Crippen molar-refractivity contribution in [3.05, 3.63) is 71.3 Å². The number of nitrogens with zero attached hydrogens (tertiary/aromatic N) is 2. The SMILES string of the molecule is CCn1c(=NC(=O)CCS(=O)(=O)c2ccc(F)cc2)sc2c3ccccc3ccc21. The summed E-state index contributed by atoms with van der Waals surface area (Å²) in [5.41, 5.74) is 0.992. The second-order valence-electron chi connectivity index (χ2n) is 6.79. The molecule has 4 rings (SSSR count). The molecule has 30 heavy (non-hydrogen) atoms. The smallest absolute Gasteiger partial charge is 0.249 e. The minimum atomic E-state index is -3.68. The van der Waals surface area contributed by atoms with E-state index in [0.717, 1.165) is 33.1 Å². The first-order valence-electron chi connectivity index (χ1n) is 9.46. The summed E-state index contributed by atoms with van der Waals surface area (Å²) in [6.45, 7) is 2.61. The lowest BCUT2D eigenvalue weighted by Crippen LogP contribution is -2.17. The molecule has 154 valence electrons. The number of carbonyl (C=O) groups is 1. The van der Waals surface area contributed by atoms with E-state index in [4.69, 9.17) is 0 Å². The van der Waals surface area contributed by atoms with Crippen molar-refractivity contribution < 1.29 is 17.6 Å². The van der Waals surface area contributed by atoms with Crippen molar-refractivity contribution in [1.82, 2.24) is 4.57 Å². The number of hydrogen-bond donors (Lipinski definition) is 0. The van der Waals surface area contributed by atoms with Crippen LogP contribution in [0.15, 0.2) is 70.6 Å². The van der Waals surface area contributed by atoms with Crippen molar-refractivity contribution in [2.45, 2.75) is 24.8 Å². The number of carbonyl (C=O) groups excluding carboxylic acids is 1. The van der Waals surface area contributed by atoms with Gasteiger partial charge in [0.1, 0.15) is 5.82 Å². The Morgan fingerprint density at radius 3 is 2.53 bits per heavy atom. The Morgan fingerprint density at radius 1 is 1.07 bits per heavy atom. The molecule has 5 nitrogen and oxygen atoms in total. The van der Waals surface area contributed by atoms with E-state index in [9.17, 15) is 17.6 Å². The Morgan fingerprint density at radius 2 is 1.80 bits per heavy atom. The Balaban J connectivity index is 1.64. The van der Waals surface area contributed by atoms with Gasteiger partial charge in [-0.05, 0) is 42.6 Å². The largest absolute Gasteiger partial charge is 0.317 e. The summed E-state index contributed by atoms with van der Waals surface area (Å²) in [5.74, 6) is -1.39. The second kappa shape index (κ2) is 8.12. The molecular weight excluding hydrogens is 423 g/mol. The molecule has 0 radical (unpaired) electrons. The van der Waals surface area contributed by atoms with E-state index in [0.29, 0.717) is 11.3 Å². The van der Waals surface area contributed by atoms with Crippen molar-refractivity contribution in [2.75, 3.05) is 5.75 Å². The minimum Gasteiger partial charge on any atom is -0.317 e. The molecule has 1 aromatic heterocycles. The fourth-order valence-corrected chi connectivity index (χ4v) is 5.81. The van der Waals surface area contributed by atoms with E-state index >= 15 is 0 Å². The molecular formula is C22H19FN2O3S2. The summed E-state index contributed by atoms with van der Waals surface area (Å²) in [5, 5.41) is 2.20. The van der Waals surface area contributed by atoms with Crippen LogP contribution < -0.4 is 4.80 Å². The zero-order valence-electron chi connectivity index (χ0n) is 16.2. The molecule has 1 heterocycles. The van der Waals surface area contributed by atoms with Crippen LogP contribution in [0.3, 0.4) is 0 Å². The van der Waals surface area contributed by atoms with Gasteiger partial charge in [-0.15, -0.1) is 0 Å². The van der Waals surface area contributed by atoms with Crippen LogP contribution in [0.2, 0.25) is 0 Å². The molecule has 0 saturated carbocycles. The minimum absolute atomic E-state index is 0.00588. The van der Waals surface area contributed by atoms with Gasteiger partial charge in [0.15, 0.2) is 14.6 Å². The van der Waals surface area contributed by atoms with Gasteiger partial charge in [-0.2, -0.15) is 4.99 Å². The molecule has 0 atom stereocenters. The van der Waals surface area contributed by atoms with Gasteiger partial charge in [0.05, 0.1) is 20.9 Å². The lowest BCUT2D eigenvalue weighted by molar-refractivity contribution is -0.117. The molecule has 0 aliphatic heterocycles. The second-order valence-corrected chi connectivity index (χ2v) is 9.88. The van der Waals surface area contributed by atoms with Crippen molar-refractivity contribution in [3.63, 3.8) is 0 Å². The van der Waals surface area contributed by atoms with Crippen molar-refractivity contribution >= 4 is 48.1 Å². The molecule has 0 fully saturated rings. The first kappa shape index (κ1) is 20.4. The topological polar surface area (TPSA) is 68.5 Å². The van der Waals surface area contributed by atoms with Gasteiger partial charge in [-0.25, -0.2) is 12.8 Å². The zero-order chi connectivity index (χ0) is 21.3. The van der Waals surface area contributed by atoms with Gasteiger partial charge in [-0.3, -0.25) is 4.79 Å². The fourth-order valence-electron chi connectivity index (χ4n) is 3.33. The molecule has 4 aromatic rings. The summed E-state index contributed by atoms with van der Waals surface area (Å²) in [7, 11) is -3.68. The van der Waals surface area contributed by atoms with Crippen molar-refractivity contribution in [2.24, 2.45) is 4.99 Å². The van der Waals surface area contributed by atoms with Crippen LogP contribution in [0.1, 0.15) is 13.3 Å². The van der Waals surface area contributed by atoms with Gasteiger partial charge in [0.25, 0.3) is 0 Å². The molecule has 0 spiro atoms. The Labute approximate surface area is 177 Å². The third-order valence-corrected chi connectivity index (χ3v) is 7.73. The van der Waals surface area contributed by atoms with E-state index in [1.165, 1.54) is 23.5 Å². The van der Waals surface area contributed by atoms with Crippen LogP contribution in [0.5, 0.6) is 0 Å². The maximum absolute atomic E-state index is 13.0. The van der Waals surface area contributed by atoms with Crippen molar-refractivity contribution in [1.29, 1.82) is 0 Å². The third-order valence-electron chi connectivity index (χ3n) is 4.87. The predicted octanol–water partition coefficient (Wildman–Crippen LogP) is 4.31. The lowest BCUT2D eigenvalue weighted by atomic mass is 10.1. The first-order chi connectivity index (χ1) is 14.4. The van der Waals surface area contributed by atoms with E-state index in [1.54, 1.807) is 0 Å². The highest BCUT2D eigenvalue weighted by atomic mass is 32.2. The highest BCUT2D eigenvalue weighted by molar-refractivity contribution is 7.91. The quantitative estimate of drug-likeness (QED) is 0.433. The molecule has 8 heteroatoms. The van der Waals surface area contributed by atoms with Gasteiger partial charge in [0, 0.05) is 18.4 Å². The van der Waals surface area contributed by atoms with E-state index in [1.807, 2.05) is 47.9 Å². The van der Waals surface area contributed by atoms with Gasteiger partial charge in [0.2, 0.25) is 5.91 Å². The van der Waals surface area contributed by atoms with E-state index in [2.05, 4.69) is 4.99 Å². The van der Waals surface area contributed by atoms with Crippen LogP contribution in [0.25, 0.3) is 21.0 Å². The average Bonchev–Trinajstić information content (AvgIpc) is 3.10. The molecule has 0 bridgehead atoms. The number of amides is 1. The normalized spacial score (nSPS) is 12.7. The molecule has 0 aliphatic carbocycles. The maximum Gasteiger partial charge on any atom is 0.249 e. The third kappa shape index (κ3) is 3.93. The number of sulfone groups is 1. The summed E-state index contributed by atoms with van der Waals surface area (Å²) >= 11 is 1.42. The highest BCUT2D eigenvalue weighted by Crippen LogP contribution is 2.27. The summed E-state index contributed by atoms with van der Waals surface area (Å²) in [4.78, 5) is 17.2. The van der Waals surface area contributed by atoms with E-state index < -0.39 is 21.6 Å². The highest BCUT2D eigenvalue weighted by Gasteiger charge is 2.17. The molecule has 0 saturated heterocycles. The van der Waals surface area contributed by atoms with Crippen LogP contribution in [0.4, 0.5) is 4.39 Å². The lowest BCUT2D eigenvalue weighted by Gasteiger charge is -2.03. The summed E-state index contributed by atoms with van der Waals surface area (Å²) < 4.78 is 40.8. The number of benzene rings is 3. The number of aromatic nitrogens is 1. The van der Waals surface area contributed by atoms with Crippen molar-refractivity contribution in [3.8, 4) is 0 Å². The number of hydrogen-bond acceptors (Lipinski definition) is 4. The molecule has 0 unspecified atom stereocenters. The predicted molar refractivity (Wildman–Crippen MR) is 117 cm³/mol. The molecule has 3 aromatic carbocycles. The van der Waals surface area contributed by atoms with Crippen LogP contribution in [0, 0.1) is 5.82 Å². The Kier molecular flexibility index (Phi) is 5.53. The number of thiazole rings is 1. The van der Waals surface area contributed by atoms with Crippen LogP contribution in [-0.2, 0) is 21.2 Å². The fraction of sp³-hybridized carbons (Fsp3) is 0.182. The number of halogens is 1. The van der Waals surface area contributed by atoms with Crippen LogP contribution in [-0.4, -0.2) is 24.6 Å². The van der Waals surface area contributed by atoms with Gasteiger partial charge < -0.3 is 4.57 Å². The molecule has 1 amide bonds. The Bertz CT molecular complexity index is 1420. The summed E-state index contributed by atoms with van der Waals surface area (Å²) in [6, 6.07) is 16.7. The number of fused-ring (bicyclic) bond motifs is 3.